The van der Waals surface area contributed by atoms with Crippen molar-refractivity contribution in [1.29, 1.82) is 0 Å². The van der Waals surface area contributed by atoms with Crippen LogP contribution in [0.3, 0.4) is 0 Å². The number of urea groups is 1. The van der Waals surface area contributed by atoms with E-state index >= 15 is 0 Å². The molecule has 0 aliphatic carbocycles. The van der Waals surface area contributed by atoms with Gasteiger partial charge < -0.3 is 5.32 Å². The number of benzene rings is 2. The number of anilines is 2. The molecule has 2 N–H and O–H groups in total. The fraction of sp³-hybridized carbons (Fsp3) is 0.118. The lowest BCUT2D eigenvalue weighted by Gasteiger charge is -2.05. The molecule has 0 spiro atoms. The third kappa shape index (κ3) is 4.37. The summed E-state index contributed by atoms with van der Waals surface area (Å²) < 4.78 is 0. The summed E-state index contributed by atoms with van der Waals surface area (Å²) in [6.45, 7) is 1.98. The molecule has 0 aliphatic rings. The maximum atomic E-state index is 12.0. The Labute approximate surface area is 138 Å². The monoisotopic (exact) mass is 324 g/mol. The lowest BCUT2D eigenvalue weighted by Crippen LogP contribution is -2.19. The highest BCUT2D eigenvalue weighted by Crippen LogP contribution is 2.19. The van der Waals surface area contributed by atoms with Crippen molar-refractivity contribution in [2.45, 2.75) is 13.3 Å². The van der Waals surface area contributed by atoms with Crippen LogP contribution in [0, 0.1) is 6.92 Å². The summed E-state index contributed by atoms with van der Waals surface area (Å²) in [5.74, 6) is 0. The molecule has 0 fully saturated rings. The standard InChI is InChI=1S/C17H16N4OS/c1-12-6-5-9-14(10-12)18-16(22)19-17-21-20-15(23-17)11-13-7-3-2-4-8-13/h2-10H,11H2,1H3,(H2,18,19,21,22). The summed E-state index contributed by atoms with van der Waals surface area (Å²) in [5.41, 5.74) is 3.00. The van der Waals surface area contributed by atoms with Crippen molar-refractivity contribution in [2.24, 2.45) is 0 Å². The number of hydrogen-bond donors (Lipinski definition) is 2. The Morgan fingerprint density at radius 1 is 1.04 bits per heavy atom. The Hall–Kier alpha value is -2.73. The highest BCUT2D eigenvalue weighted by Gasteiger charge is 2.09. The van der Waals surface area contributed by atoms with Crippen LogP contribution in [0.15, 0.2) is 54.6 Å². The highest BCUT2D eigenvalue weighted by atomic mass is 32.1. The summed E-state index contributed by atoms with van der Waals surface area (Å²) in [6.07, 6.45) is 0.708. The largest absolute Gasteiger partial charge is 0.325 e. The van der Waals surface area contributed by atoms with Gasteiger partial charge in [-0.25, -0.2) is 4.79 Å². The number of aryl methyl sites for hydroxylation is 1. The van der Waals surface area contributed by atoms with Crippen molar-refractivity contribution >= 4 is 28.2 Å². The van der Waals surface area contributed by atoms with Crippen LogP contribution < -0.4 is 10.6 Å². The molecule has 0 aliphatic heterocycles. The van der Waals surface area contributed by atoms with E-state index in [2.05, 4.69) is 20.8 Å². The van der Waals surface area contributed by atoms with E-state index in [4.69, 9.17) is 0 Å². The molecule has 3 aromatic rings. The normalized spacial score (nSPS) is 10.3. The van der Waals surface area contributed by atoms with Crippen LogP contribution in [-0.2, 0) is 6.42 Å². The average Bonchev–Trinajstić information content (AvgIpc) is 2.95. The van der Waals surface area contributed by atoms with Gasteiger partial charge in [-0.15, -0.1) is 10.2 Å². The van der Waals surface area contributed by atoms with Crippen LogP contribution in [0.1, 0.15) is 16.1 Å². The van der Waals surface area contributed by atoms with E-state index in [0.29, 0.717) is 11.6 Å². The van der Waals surface area contributed by atoms with Crippen LogP contribution in [0.5, 0.6) is 0 Å². The van der Waals surface area contributed by atoms with Gasteiger partial charge >= 0.3 is 6.03 Å². The number of carbonyl (C=O) groups excluding carboxylic acids is 1. The first-order chi connectivity index (χ1) is 11.2. The van der Waals surface area contributed by atoms with E-state index in [9.17, 15) is 4.79 Å². The smallest absolute Gasteiger partial charge is 0.308 e. The fourth-order valence-corrected chi connectivity index (χ4v) is 2.90. The molecule has 0 radical (unpaired) electrons. The quantitative estimate of drug-likeness (QED) is 0.760. The molecule has 0 saturated carbocycles. The van der Waals surface area contributed by atoms with Crippen molar-refractivity contribution < 1.29 is 4.79 Å². The molecule has 0 bridgehead atoms. The predicted octanol–water partition coefficient (Wildman–Crippen LogP) is 4.08. The van der Waals surface area contributed by atoms with Gasteiger partial charge in [-0.2, -0.15) is 0 Å². The van der Waals surface area contributed by atoms with Gasteiger partial charge in [0.05, 0.1) is 0 Å². The number of rotatable bonds is 4. The molecule has 0 atom stereocenters. The van der Waals surface area contributed by atoms with Gasteiger partial charge in [0.1, 0.15) is 5.01 Å². The van der Waals surface area contributed by atoms with Crippen molar-refractivity contribution in [1.82, 2.24) is 10.2 Å². The third-order valence-electron chi connectivity index (χ3n) is 3.16. The van der Waals surface area contributed by atoms with Gasteiger partial charge in [-0.3, -0.25) is 5.32 Å². The minimum Gasteiger partial charge on any atom is -0.308 e. The zero-order valence-corrected chi connectivity index (χ0v) is 13.4. The SMILES string of the molecule is Cc1cccc(NC(=O)Nc2nnc(Cc3ccccc3)s2)c1. The number of carbonyl (C=O) groups is 1. The van der Waals surface area contributed by atoms with Crippen LogP contribution in [0.4, 0.5) is 15.6 Å². The van der Waals surface area contributed by atoms with Crippen molar-refractivity contribution in [2.75, 3.05) is 10.6 Å². The Morgan fingerprint density at radius 3 is 2.65 bits per heavy atom. The predicted molar refractivity (Wildman–Crippen MR) is 93.0 cm³/mol. The maximum absolute atomic E-state index is 12.0. The molecule has 0 unspecified atom stereocenters. The topological polar surface area (TPSA) is 66.9 Å². The lowest BCUT2D eigenvalue weighted by molar-refractivity contribution is 0.262. The van der Waals surface area contributed by atoms with Crippen molar-refractivity contribution in [3.63, 3.8) is 0 Å². The summed E-state index contributed by atoms with van der Waals surface area (Å²) in [4.78, 5) is 12.0. The number of nitrogens with one attached hydrogen (secondary N) is 2. The Kier molecular flexibility index (Phi) is 4.63. The number of hydrogen-bond acceptors (Lipinski definition) is 4. The van der Waals surface area contributed by atoms with E-state index in [1.807, 2.05) is 61.5 Å². The van der Waals surface area contributed by atoms with Gasteiger partial charge in [-0.1, -0.05) is 53.8 Å². The average molecular weight is 324 g/mol. The number of nitrogens with zero attached hydrogens (tertiary/aromatic N) is 2. The molecule has 116 valence electrons. The molecule has 1 heterocycles. The molecular weight excluding hydrogens is 308 g/mol. The molecule has 6 heteroatoms. The zero-order chi connectivity index (χ0) is 16.1. The first-order valence-electron chi connectivity index (χ1n) is 7.20. The van der Waals surface area contributed by atoms with Crippen LogP contribution in [0.25, 0.3) is 0 Å². The second-order valence-corrected chi connectivity index (χ2v) is 6.17. The van der Waals surface area contributed by atoms with Gasteiger partial charge in [0.2, 0.25) is 5.13 Å². The third-order valence-corrected chi connectivity index (χ3v) is 4.00. The van der Waals surface area contributed by atoms with Gasteiger partial charge in [0, 0.05) is 12.1 Å². The fourth-order valence-electron chi connectivity index (χ4n) is 2.13. The van der Waals surface area contributed by atoms with Crippen LogP contribution >= 0.6 is 11.3 Å². The van der Waals surface area contributed by atoms with E-state index in [0.717, 1.165) is 16.3 Å². The summed E-state index contributed by atoms with van der Waals surface area (Å²) >= 11 is 1.38. The van der Waals surface area contributed by atoms with Crippen LogP contribution in [0.2, 0.25) is 0 Å². The zero-order valence-electron chi connectivity index (χ0n) is 12.6. The summed E-state index contributed by atoms with van der Waals surface area (Å²) in [6, 6.07) is 17.3. The molecule has 2 aromatic carbocycles. The summed E-state index contributed by atoms with van der Waals surface area (Å²) in [7, 11) is 0. The van der Waals surface area contributed by atoms with E-state index in [-0.39, 0.29) is 6.03 Å². The molecule has 3 rings (SSSR count). The second-order valence-electron chi connectivity index (χ2n) is 5.11. The van der Waals surface area contributed by atoms with Gasteiger partial charge in [0.25, 0.3) is 0 Å². The van der Waals surface area contributed by atoms with E-state index in [1.54, 1.807) is 0 Å². The first kappa shape index (κ1) is 15.2. The number of aromatic nitrogens is 2. The molecular formula is C17H16N4OS. The van der Waals surface area contributed by atoms with Crippen LogP contribution in [-0.4, -0.2) is 16.2 Å². The first-order valence-corrected chi connectivity index (χ1v) is 8.02. The molecule has 1 aromatic heterocycles. The van der Waals surface area contributed by atoms with E-state index < -0.39 is 0 Å². The summed E-state index contributed by atoms with van der Waals surface area (Å²) in [5, 5.41) is 15.0. The lowest BCUT2D eigenvalue weighted by atomic mass is 10.2. The molecule has 2 amide bonds. The molecule has 5 nitrogen and oxygen atoms in total. The number of amides is 2. The van der Waals surface area contributed by atoms with E-state index in [1.165, 1.54) is 16.9 Å². The van der Waals surface area contributed by atoms with Gasteiger partial charge in [-0.05, 0) is 30.2 Å². The Balaban J connectivity index is 1.59. The second kappa shape index (κ2) is 7.02. The minimum atomic E-state index is -0.321. The van der Waals surface area contributed by atoms with Gasteiger partial charge in [0.15, 0.2) is 0 Å². The highest BCUT2D eigenvalue weighted by molar-refractivity contribution is 7.15. The Bertz CT molecular complexity index is 801. The molecule has 0 saturated heterocycles. The Morgan fingerprint density at radius 2 is 1.87 bits per heavy atom. The van der Waals surface area contributed by atoms with Crippen molar-refractivity contribution in [3.8, 4) is 0 Å². The maximum Gasteiger partial charge on any atom is 0.325 e. The molecule has 23 heavy (non-hydrogen) atoms. The van der Waals surface area contributed by atoms with Crippen molar-refractivity contribution in [3.05, 3.63) is 70.7 Å². The minimum absolute atomic E-state index is 0.321.